The monoisotopic (exact) mass is 1010 g/mol. The lowest BCUT2D eigenvalue weighted by atomic mass is 9.82. The summed E-state index contributed by atoms with van der Waals surface area (Å²) >= 11 is 3.78. The summed E-state index contributed by atoms with van der Waals surface area (Å²) in [6.07, 6.45) is 11.7. The highest BCUT2D eigenvalue weighted by molar-refractivity contribution is 7.99. The minimum atomic E-state index is -4.43. The third-order valence-corrected chi connectivity index (χ3v) is 17.1. The highest BCUT2D eigenvalue weighted by atomic mass is 32.2. The zero-order chi connectivity index (χ0) is 48.8. The van der Waals surface area contributed by atoms with Crippen molar-refractivity contribution in [2.24, 2.45) is 0 Å². The standard InChI is InChI=1S/C54H63N3O8S4/c1-53(2)46-36-44(68(58,59)60)20-22-48(46)56(38-40-12-7-5-8-13-40)50(53)24-18-42-16-11-17-43(52(42)55-26-32-66-34-30-64-28-29-65-31-35-67-33-27-55)19-25-51-54(3,4)47-37-45(69(61,62)63)21-23-49(47)57(51)39-41-14-9-6-10-15-41/h5-10,12-15,18-25,36-37H,11,16-17,26-35,38-39H2,1-4H3,(H-,58,59,60,61,62,63)/p+1. The quantitative estimate of drug-likeness (QED) is 0.128. The molecule has 366 valence electrons. The Labute approximate surface area is 417 Å². The normalized spacial score (nSPS) is 21.9. The maximum Gasteiger partial charge on any atom is 0.294 e. The Morgan fingerprint density at radius 1 is 0.580 bits per heavy atom. The Balaban J connectivity index is 1.27. The summed E-state index contributed by atoms with van der Waals surface area (Å²) in [6.45, 7) is 13.8. The fraction of sp³-hybridized carbons (Fsp3) is 0.389. The van der Waals surface area contributed by atoms with E-state index in [1.807, 2.05) is 72.1 Å². The van der Waals surface area contributed by atoms with Crippen LogP contribution in [0.4, 0.5) is 11.4 Å². The molecule has 0 radical (unpaired) electrons. The summed E-state index contributed by atoms with van der Waals surface area (Å²) in [6, 6.07) is 30.3. The topological polar surface area (TPSA) is 137 Å². The third-order valence-electron chi connectivity index (χ3n) is 13.5. The first-order valence-corrected chi connectivity index (χ1v) is 28.9. The summed E-state index contributed by atoms with van der Waals surface area (Å²) in [5.41, 5.74) is 10.2. The largest absolute Gasteiger partial charge is 0.378 e. The molecule has 15 heteroatoms. The van der Waals surface area contributed by atoms with Gasteiger partial charge < -0.3 is 19.3 Å². The van der Waals surface area contributed by atoms with Crippen LogP contribution in [-0.2, 0) is 53.6 Å². The molecule has 8 rings (SSSR count). The minimum Gasteiger partial charge on any atom is -0.378 e. The summed E-state index contributed by atoms with van der Waals surface area (Å²) < 4.78 is 84.4. The molecule has 4 aromatic carbocycles. The van der Waals surface area contributed by atoms with Gasteiger partial charge in [0.2, 0.25) is 5.71 Å². The molecule has 2 N–H and O–H groups in total. The second-order valence-corrected chi connectivity index (χ2v) is 24.1. The Hall–Kier alpha value is -4.45. The molecule has 0 atom stereocenters. The first-order chi connectivity index (χ1) is 33.0. The van der Waals surface area contributed by atoms with Crippen LogP contribution >= 0.6 is 23.5 Å². The van der Waals surface area contributed by atoms with Gasteiger partial charge in [0.1, 0.15) is 0 Å². The number of benzene rings is 4. The zero-order valence-corrected chi connectivity index (χ0v) is 43.2. The number of allylic oxidation sites excluding steroid dienone is 8. The molecule has 4 aromatic rings. The van der Waals surface area contributed by atoms with Gasteiger partial charge in [0, 0.05) is 69.3 Å². The maximum atomic E-state index is 12.4. The van der Waals surface area contributed by atoms with Gasteiger partial charge in [0.05, 0.1) is 47.7 Å². The van der Waals surface area contributed by atoms with Gasteiger partial charge in [-0.1, -0.05) is 101 Å². The smallest absolute Gasteiger partial charge is 0.294 e. The van der Waals surface area contributed by atoms with Crippen LogP contribution in [0.5, 0.6) is 0 Å². The van der Waals surface area contributed by atoms with Crippen molar-refractivity contribution in [2.75, 3.05) is 72.3 Å². The Bertz CT molecular complexity index is 2700. The van der Waals surface area contributed by atoms with Crippen LogP contribution in [0.3, 0.4) is 0 Å². The second-order valence-electron chi connectivity index (χ2n) is 18.8. The second kappa shape index (κ2) is 21.9. The van der Waals surface area contributed by atoms with E-state index in [4.69, 9.17) is 9.47 Å². The number of anilines is 2. The molecule has 0 spiro atoms. The summed E-state index contributed by atoms with van der Waals surface area (Å²) in [5.74, 6) is 3.62. The van der Waals surface area contributed by atoms with E-state index in [0.717, 1.165) is 100 Å². The van der Waals surface area contributed by atoms with Gasteiger partial charge in [-0.05, 0) is 90.1 Å². The molecule has 4 aliphatic rings. The van der Waals surface area contributed by atoms with E-state index in [-0.39, 0.29) is 9.79 Å². The van der Waals surface area contributed by atoms with Gasteiger partial charge in [-0.2, -0.15) is 40.4 Å². The first kappa shape index (κ1) is 50.9. The molecule has 11 nitrogen and oxygen atoms in total. The van der Waals surface area contributed by atoms with E-state index >= 15 is 0 Å². The molecular weight excluding hydrogens is 947 g/mol. The van der Waals surface area contributed by atoms with Gasteiger partial charge in [-0.3, -0.25) is 9.11 Å². The van der Waals surface area contributed by atoms with Crippen molar-refractivity contribution in [3.05, 3.63) is 166 Å². The molecule has 0 unspecified atom stereocenters. The number of rotatable bonds is 8. The number of ether oxygens (including phenoxy) is 2. The summed E-state index contributed by atoms with van der Waals surface area (Å²) in [4.78, 5) is 4.30. The molecule has 2 fully saturated rings. The highest BCUT2D eigenvalue weighted by Gasteiger charge is 2.42. The average molecular weight is 1010 g/mol. The number of hydrogen-bond donors (Lipinski definition) is 2. The van der Waals surface area contributed by atoms with Gasteiger partial charge in [0.15, 0.2) is 13.1 Å². The molecule has 69 heavy (non-hydrogen) atoms. The summed E-state index contributed by atoms with van der Waals surface area (Å²) in [5, 5.41) is 0. The molecule has 0 aromatic heterocycles. The lowest BCUT2D eigenvalue weighted by Gasteiger charge is -2.28. The SMILES string of the molecule is CC1(C)/C(=C\C=C2/CCC/C(=C\C=C3\N(Cc4ccccc4)c4ccc(S(=O)(=O)O)cc4C3(C)C)C2=[N+]2CCSCCOCCOCCSCC2)N(Cc2ccccc2)c2ccc(S(=O)(=O)O)cc21. The number of thioether (sulfide) groups is 2. The van der Waals surface area contributed by atoms with Crippen molar-refractivity contribution in [3.8, 4) is 0 Å². The number of nitrogens with zero attached hydrogens (tertiary/aromatic N) is 3. The molecule has 3 aliphatic heterocycles. The van der Waals surface area contributed by atoms with Crippen LogP contribution in [0.1, 0.15) is 69.2 Å². The Kier molecular flexibility index (Phi) is 16.2. The molecule has 0 bridgehead atoms. The van der Waals surface area contributed by atoms with Crippen LogP contribution in [0.25, 0.3) is 0 Å². The number of fused-ring (bicyclic) bond motifs is 2. The Morgan fingerprint density at radius 2 is 1.00 bits per heavy atom. The van der Waals surface area contributed by atoms with Crippen LogP contribution in [0, 0.1) is 0 Å². The van der Waals surface area contributed by atoms with E-state index in [1.165, 1.54) is 29.0 Å². The predicted octanol–water partition coefficient (Wildman–Crippen LogP) is 10.2. The van der Waals surface area contributed by atoms with E-state index in [2.05, 4.69) is 90.6 Å². The van der Waals surface area contributed by atoms with Gasteiger partial charge >= 0.3 is 0 Å². The predicted molar refractivity (Wildman–Crippen MR) is 281 cm³/mol. The van der Waals surface area contributed by atoms with Crippen LogP contribution < -0.4 is 9.80 Å². The molecule has 1 saturated carbocycles. The summed E-state index contributed by atoms with van der Waals surface area (Å²) in [7, 11) is -8.86. The number of hydrogen-bond acceptors (Lipinski definition) is 10. The molecule has 1 saturated heterocycles. The molecule has 0 amide bonds. The first-order valence-electron chi connectivity index (χ1n) is 23.7. The molecule has 1 aliphatic carbocycles. The van der Waals surface area contributed by atoms with Gasteiger partial charge in [-0.15, -0.1) is 0 Å². The van der Waals surface area contributed by atoms with Crippen molar-refractivity contribution >= 4 is 60.8 Å². The lowest BCUT2D eigenvalue weighted by molar-refractivity contribution is -0.517. The maximum absolute atomic E-state index is 12.4. The van der Waals surface area contributed by atoms with Crippen LogP contribution in [0.2, 0.25) is 0 Å². The van der Waals surface area contributed by atoms with Crippen LogP contribution in [-0.4, -0.2) is 98.8 Å². The zero-order valence-electron chi connectivity index (χ0n) is 40.0. The van der Waals surface area contributed by atoms with Crippen molar-refractivity contribution in [3.63, 3.8) is 0 Å². The van der Waals surface area contributed by atoms with E-state index < -0.39 is 31.1 Å². The van der Waals surface area contributed by atoms with E-state index in [0.29, 0.717) is 39.5 Å². The van der Waals surface area contributed by atoms with Gasteiger partial charge in [0.25, 0.3) is 20.2 Å². The molecule has 3 heterocycles. The van der Waals surface area contributed by atoms with Crippen molar-refractivity contribution in [1.82, 2.24) is 0 Å². The minimum absolute atomic E-state index is 0.124. The average Bonchev–Trinajstić information content (AvgIpc) is 3.65. The van der Waals surface area contributed by atoms with E-state index in [1.54, 1.807) is 12.1 Å². The third kappa shape index (κ3) is 11.8. The fourth-order valence-corrected chi connectivity index (χ4v) is 12.5. The van der Waals surface area contributed by atoms with Crippen molar-refractivity contribution in [2.45, 2.75) is 80.7 Å². The van der Waals surface area contributed by atoms with Crippen molar-refractivity contribution in [1.29, 1.82) is 0 Å². The molecular formula is C54H64N3O8S4+. The van der Waals surface area contributed by atoms with Crippen molar-refractivity contribution < 1.29 is 40.0 Å². The fourth-order valence-electron chi connectivity index (χ4n) is 9.95. The van der Waals surface area contributed by atoms with Gasteiger partial charge in [-0.25, -0.2) is 4.58 Å². The highest BCUT2D eigenvalue weighted by Crippen LogP contribution is 2.51. The Morgan fingerprint density at radius 3 is 1.41 bits per heavy atom. The van der Waals surface area contributed by atoms with E-state index in [9.17, 15) is 25.9 Å². The van der Waals surface area contributed by atoms with Crippen LogP contribution in [0.15, 0.2) is 154 Å². The lowest BCUT2D eigenvalue weighted by Crippen LogP contribution is -2.31.